The van der Waals surface area contributed by atoms with Gasteiger partial charge in [-0.1, -0.05) is 23.6 Å². The van der Waals surface area contributed by atoms with Crippen LogP contribution < -0.4 is 11.1 Å². The van der Waals surface area contributed by atoms with E-state index in [4.69, 9.17) is 27.1 Å². The Morgan fingerprint density at radius 3 is 2.26 bits per heavy atom. The van der Waals surface area contributed by atoms with Crippen LogP contribution in [0.5, 0.6) is 0 Å². The molecule has 16 heteroatoms. The van der Waals surface area contributed by atoms with Gasteiger partial charge in [0.15, 0.2) is 15.7 Å². The van der Waals surface area contributed by atoms with Gasteiger partial charge in [0, 0.05) is 23.4 Å². The number of ether oxygens (including phenoxy) is 1. The van der Waals surface area contributed by atoms with Crippen LogP contribution >= 0.6 is 11.6 Å². The highest BCUT2D eigenvalue weighted by molar-refractivity contribution is 7.92. The minimum Gasteiger partial charge on any atom is -0.444 e. The number of carbonyl (C=O) groups excluding carboxylic acids is 1. The first-order valence-electron chi connectivity index (χ1n) is 16.7. The van der Waals surface area contributed by atoms with Crippen molar-refractivity contribution in [3.63, 3.8) is 0 Å². The van der Waals surface area contributed by atoms with E-state index in [-0.39, 0.29) is 50.7 Å². The molecule has 2 heterocycles. The lowest BCUT2D eigenvalue weighted by atomic mass is 9.82. The van der Waals surface area contributed by atoms with Crippen LogP contribution in [0.25, 0.3) is 22.0 Å². The lowest BCUT2D eigenvalue weighted by Gasteiger charge is -2.29. The molecular formula is C37H39ClF5N5O4S. The molecule has 0 saturated heterocycles. The van der Waals surface area contributed by atoms with Crippen molar-refractivity contribution >= 4 is 44.3 Å². The van der Waals surface area contributed by atoms with Crippen molar-refractivity contribution in [1.29, 1.82) is 0 Å². The predicted octanol–water partition coefficient (Wildman–Crippen LogP) is 8.04. The van der Waals surface area contributed by atoms with Crippen molar-refractivity contribution in [2.75, 3.05) is 12.0 Å². The standard InChI is InChI=1S/C37H39ClF5N5O4S/c1-35(2,3)52-34(49)46-28(17-20-15-21(39)18-22(40)16-20)31-29(25-11-12-26(38)30-32(25)48(47-33(30)44)19-37(41,42)43)24-10-8-7-9-23(24)27(45-31)13-14-36(4,5)53(6,50)51/h11-12,15-16,18,28H,7-10,17,19H2,1-6H3,(H2,44,47)(H,46,49)/t28-/m0/s1. The van der Waals surface area contributed by atoms with E-state index in [2.05, 4.69) is 22.3 Å². The second-order valence-corrected chi connectivity index (χ2v) is 17.5. The van der Waals surface area contributed by atoms with Crippen molar-refractivity contribution in [2.45, 2.75) is 95.8 Å². The van der Waals surface area contributed by atoms with Crippen LogP contribution in [0.1, 0.15) is 81.6 Å². The number of sulfone groups is 1. The first-order valence-corrected chi connectivity index (χ1v) is 19.0. The molecular weight excluding hydrogens is 741 g/mol. The van der Waals surface area contributed by atoms with Gasteiger partial charge >= 0.3 is 12.3 Å². The number of carbonyl (C=O) groups is 1. The van der Waals surface area contributed by atoms with Crippen LogP contribution in [-0.2, 0) is 40.4 Å². The molecule has 0 unspecified atom stereocenters. The average Bonchev–Trinajstić information content (AvgIpc) is 3.32. The lowest BCUT2D eigenvalue weighted by molar-refractivity contribution is -0.141. The molecule has 1 amide bonds. The Morgan fingerprint density at radius 2 is 1.68 bits per heavy atom. The Hall–Kier alpha value is -4.42. The molecule has 0 fully saturated rings. The molecule has 1 atom stereocenters. The van der Waals surface area contributed by atoms with E-state index in [1.807, 2.05) is 0 Å². The molecule has 4 aromatic rings. The van der Waals surface area contributed by atoms with Gasteiger partial charge in [-0.25, -0.2) is 27.0 Å². The van der Waals surface area contributed by atoms with Gasteiger partial charge in [0.05, 0.1) is 27.7 Å². The summed E-state index contributed by atoms with van der Waals surface area (Å²) in [6.45, 7) is 6.30. The van der Waals surface area contributed by atoms with Gasteiger partial charge in [-0.3, -0.25) is 4.68 Å². The summed E-state index contributed by atoms with van der Waals surface area (Å²) < 4.78 is 101. The summed E-state index contributed by atoms with van der Waals surface area (Å²) >= 11 is 6.52. The van der Waals surface area contributed by atoms with Gasteiger partial charge in [-0.2, -0.15) is 18.3 Å². The van der Waals surface area contributed by atoms with Gasteiger partial charge in [0.1, 0.15) is 34.2 Å². The highest BCUT2D eigenvalue weighted by Crippen LogP contribution is 2.44. The summed E-state index contributed by atoms with van der Waals surface area (Å²) in [5.74, 6) is 3.76. The lowest BCUT2D eigenvalue weighted by Crippen LogP contribution is -2.36. The summed E-state index contributed by atoms with van der Waals surface area (Å²) in [4.78, 5) is 18.4. The molecule has 0 saturated carbocycles. The van der Waals surface area contributed by atoms with E-state index in [1.54, 1.807) is 20.8 Å². The number of benzene rings is 2. The highest BCUT2D eigenvalue weighted by atomic mass is 35.5. The number of alkyl carbamates (subject to hydrolysis) is 1. The smallest absolute Gasteiger partial charge is 0.408 e. The van der Waals surface area contributed by atoms with E-state index in [0.717, 1.165) is 18.4 Å². The fraction of sp³-hybridized carbons (Fsp3) is 0.432. The number of nitrogens with two attached hydrogens (primary N) is 1. The largest absolute Gasteiger partial charge is 0.444 e. The number of anilines is 1. The maximum atomic E-state index is 14.5. The second kappa shape index (κ2) is 14.4. The summed E-state index contributed by atoms with van der Waals surface area (Å²) in [7, 11) is -3.67. The average molecular weight is 780 g/mol. The summed E-state index contributed by atoms with van der Waals surface area (Å²) in [6, 6.07) is 4.61. The van der Waals surface area contributed by atoms with E-state index in [1.165, 1.54) is 26.0 Å². The van der Waals surface area contributed by atoms with Gasteiger partial charge < -0.3 is 15.8 Å². The monoisotopic (exact) mass is 779 g/mol. The summed E-state index contributed by atoms with van der Waals surface area (Å²) in [5.41, 5.74) is 7.31. The normalized spacial score (nSPS) is 14.3. The molecule has 0 radical (unpaired) electrons. The Kier molecular flexibility index (Phi) is 10.8. The topological polar surface area (TPSA) is 129 Å². The number of fused-ring (bicyclic) bond motifs is 2. The molecule has 0 bridgehead atoms. The van der Waals surface area contributed by atoms with Crippen LogP contribution in [0.2, 0.25) is 5.02 Å². The van der Waals surface area contributed by atoms with Crippen LogP contribution in [0.4, 0.5) is 32.6 Å². The molecule has 53 heavy (non-hydrogen) atoms. The molecule has 3 N–H and O–H groups in total. The number of nitrogens with one attached hydrogen (secondary N) is 1. The molecule has 5 rings (SSSR count). The zero-order valence-corrected chi connectivity index (χ0v) is 31.5. The third-order valence-electron chi connectivity index (χ3n) is 8.80. The minimum absolute atomic E-state index is 0.0437. The predicted molar refractivity (Wildman–Crippen MR) is 193 cm³/mol. The molecule has 284 valence electrons. The van der Waals surface area contributed by atoms with Gasteiger partial charge in [0.2, 0.25) is 0 Å². The van der Waals surface area contributed by atoms with Crippen molar-refractivity contribution < 1.29 is 39.9 Å². The number of nitrogens with zero attached hydrogens (tertiary/aromatic N) is 3. The third kappa shape index (κ3) is 9.04. The number of alkyl halides is 3. The van der Waals surface area contributed by atoms with Crippen molar-refractivity contribution in [3.8, 4) is 23.0 Å². The molecule has 0 spiro atoms. The number of hydrogen-bond acceptors (Lipinski definition) is 7. The van der Waals surface area contributed by atoms with E-state index < -0.39 is 56.7 Å². The van der Waals surface area contributed by atoms with Crippen LogP contribution in [0.3, 0.4) is 0 Å². The first kappa shape index (κ1) is 39.8. The van der Waals surface area contributed by atoms with Crippen molar-refractivity contribution in [1.82, 2.24) is 20.1 Å². The number of halogens is 6. The van der Waals surface area contributed by atoms with E-state index in [0.29, 0.717) is 53.1 Å². The zero-order valence-electron chi connectivity index (χ0n) is 29.9. The maximum Gasteiger partial charge on any atom is 0.408 e. The molecule has 2 aromatic carbocycles. The van der Waals surface area contributed by atoms with Gasteiger partial charge in [-0.05, 0) is 108 Å². The van der Waals surface area contributed by atoms with Crippen molar-refractivity contribution in [3.05, 3.63) is 75.1 Å². The molecule has 1 aliphatic carbocycles. The fourth-order valence-corrected chi connectivity index (χ4v) is 6.71. The number of nitrogen functional groups attached to an aromatic ring is 1. The molecule has 1 aliphatic rings. The number of aromatic nitrogens is 3. The van der Waals surface area contributed by atoms with E-state index >= 15 is 0 Å². The Balaban J connectivity index is 1.92. The SMILES string of the molecule is CC(C)(C)OC(=O)N[C@@H](Cc1cc(F)cc(F)c1)c1nc(C#CC(C)(C)S(C)(=O)=O)c2c(c1-c1ccc(Cl)c3c(N)nn(CC(F)(F)F)c13)CCCC2. The molecule has 2 aromatic heterocycles. The Bertz CT molecular complexity index is 2250. The van der Waals surface area contributed by atoms with Crippen LogP contribution in [0, 0.1) is 23.5 Å². The maximum absolute atomic E-state index is 14.5. The second-order valence-electron chi connectivity index (χ2n) is 14.6. The number of hydrogen-bond donors (Lipinski definition) is 2. The number of rotatable bonds is 7. The summed E-state index contributed by atoms with van der Waals surface area (Å²) in [5, 5.41) is 6.87. The quantitative estimate of drug-likeness (QED) is 0.144. The van der Waals surface area contributed by atoms with Crippen LogP contribution in [-0.4, -0.2) is 52.1 Å². The number of pyridine rings is 1. The third-order valence-corrected chi connectivity index (χ3v) is 11.1. The van der Waals surface area contributed by atoms with Gasteiger partial charge in [-0.15, -0.1) is 0 Å². The fourth-order valence-electron chi connectivity index (χ4n) is 6.22. The van der Waals surface area contributed by atoms with E-state index in [9.17, 15) is 35.2 Å². The number of amides is 1. The zero-order chi connectivity index (χ0) is 39.3. The summed E-state index contributed by atoms with van der Waals surface area (Å²) in [6.07, 6.45) is -2.62. The molecule has 0 aliphatic heterocycles. The van der Waals surface area contributed by atoms with Crippen molar-refractivity contribution in [2.24, 2.45) is 0 Å². The highest BCUT2D eigenvalue weighted by Gasteiger charge is 2.35. The van der Waals surface area contributed by atoms with Gasteiger partial charge in [0.25, 0.3) is 0 Å². The Morgan fingerprint density at radius 1 is 1.06 bits per heavy atom. The van der Waals surface area contributed by atoms with Crippen LogP contribution in [0.15, 0.2) is 30.3 Å². The molecule has 9 nitrogen and oxygen atoms in total. The Labute approximate surface area is 309 Å². The first-order chi connectivity index (χ1) is 24.4. The minimum atomic E-state index is -4.71.